The van der Waals surface area contributed by atoms with E-state index in [0.29, 0.717) is 31.2 Å². The molecule has 1 saturated carbocycles. The number of fused-ring (bicyclic) bond motifs is 1. The lowest BCUT2D eigenvalue weighted by Crippen LogP contribution is -2.52. The summed E-state index contributed by atoms with van der Waals surface area (Å²) in [7, 11) is 0. The van der Waals surface area contributed by atoms with Crippen molar-refractivity contribution in [1.82, 2.24) is 19.7 Å². The van der Waals surface area contributed by atoms with Gasteiger partial charge in [-0.05, 0) is 31.0 Å². The van der Waals surface area contributed by atoms with Crippen LogP contribution in [0.5, 0.6) is 0 Å². The number of para-hydroxylation sites is 1. The van der Waals surface area contributed by atoms with Crippen LogP contribution in [0, 0.1) is 5.92 Å². The predicted molar refractivity (Wildman–Crippen MR) is 102 cm³/mol. The second-order valence-electron chi connectivity index (χ2n) is 7.52. The molecule has 0 atom stereocenters. The van der Waals surface area contributed by atoms with Crippen LogP contribution in [-0.2, 0) is 6.54 Å². The topological polar surface area (TPSA) is 68.1 Å². The predicted octanol–water partition coefficient (Wildman–Crippen LogP) is 2.44. The Morgan fingerprint density at radius 3 is 2.67 bits per heavy atom. The Morgan fingerprint density at radius 1 is 1.04 bits per heavy atom. The second-order valence-corrected chi connectivity index (χ2v) is 7.52. The van der Waals surface area contributed by atoms with Gasteiger partial charge in [0, 0.05) is 36.4 Å². The minimum Gasteiger partial charge on any atom is -0.336 e. The number of rotatable bonds is 4. The van der Waals surface area contributed by atoms with E-state index in [9.17, 15) is 9.59 Å². The lowest BCUT2D eigenvalue weighted by Gasteiger charge is -2.39. The number of likely N-dealkylation sites (tertiary alicyclic amines) is 1. The van der Waals surface area contributed by atoms with Crippen molar-refractivity contribution in [3.63, 3.8) is 0 Å². The Labute approximate surface area is 156 Å². The van der Waals surface area contributed by atoms with E-state index < -0.39 is 0 Å². The first-order chi connectivity index (χ1) is 13.2. The summed E-state index contributed by atoms with van der Waals surface area (Å²) in [5.41, 5.74) is 2.24. The molecular formula is C21H20N4O2. The third-order valence-corrected chi connectivity index (χ3v) is 5.38. The highest BCUT2D eigenvalue weighted by Gasteiger charge is 2.33. The molecule has 5 rings (SSSR count). The highest BCUT2D eigenvalue weighted by molar-refractivity contribution is 5.95. The molecule has 0 radical (unpaired) electrons. The number of carbonyl (C=O) groups excluding carboxylic acids is 1. The minimum absolute atomic E-state index is 0.0518. The van der Waals surface area contributed by atoms with Gasteiger partial charge < -0.3 is 4.90 Å². The number of hydrogen-bond acceptors (Lipinski definition) is 4. The van der Waals surface area contributed by atoms with Crippen molar-refractivity contribution in [2.45, 2.75) is 25.3 Å². The van der Waals surface area contributed by atoms with Gasteiger partial charge in [0.1, 0.15) is 5.69 Å². The van der Waals surface area contributed by atoms with Crippen molar-refractivity contribution in [2.75, 3.05) is 13.1 Å². The van der Waals surface area contributed by atoms with Gasteiger partial charge in [0.05, 0.1) is 17.8 Å². The van der Waals surface area contributed by atoms with E-state index >= 15 is 0 Å². The zero-order valence-electron chi connectivity index (χ0n) is 14.9. The fraction of sp³-hybridized carbons (Fsp3) is 0.333. The first kappa shape index (κ1) is 16.2. The summed E-state index contributed by atoms with van der Waals surface area (Å²) in [5.74, 6) is 0.730. The standard InChI is InChI=1S/C21H20N4O2/c26-20-10-9-18(16-5-6-16)23-25(20)13-14-11-24(12-14)21(27)19-8-7-15-3-1-2-4-17(15)22-19/h1-4,7-10,14,16H,5-6,11-13H2. The molecule has 6 heteroatoms. The molecule has 27 heavy (non-hydrogen) atoms. The molecule has 1 amide bonds. The van der Waals surface area contributed by atoms with Crippen LogP contribution in [0.3, 0.4) is 0 Å². The zero-order chi connectivity index (χ0) is 18.4. The molecule has 3 aromatic rings. The van der Waals surface area contributed by atoms with Crippen molar-refractivity contribution in [1.29, 1.82) is 0 Å². The van der Waals surface area contributed by atoms with Crippen LogP contribution in [0.15, 0.2) is 53.3 Å². The monoisotopic (exact) mass is 360 g/mol. The van der Waals surface area contributed by atoms with Crippen molar-refractivity contribution in [3.05, 3.63) is 70.3 Å². The molecule has 1 aliphatic carbocycles. The van der Waals surface area contributed by atoms with Gasteiger partial charge in [0.15, 0.2) is 0 Å². The largest absolute Gasteiger partial charge is 0.336 e. The van der Waals surface area contributed by atoms with Crippen LogP contribution in [0.1, 0.15) is 34.9 Å². The molecule has 1 saturated heterocycles. The maximum Gasteiger partial charge on any atom is 0.272 e. The minimum atomic E-state index is -0.0691. The maximum absolute atomic E-state index is 12.7. The van der Waals surface area contributed by atoms with E-state index in [-0.39, 0.29) is 17.4 Å². The summed E-state index contributed by atoms with van der Waals surface area (Å²) in [6, 6.07) is 14.9. The SMILES string of the molecule is O=C(c1ccc2ccccc2n1)N1CC(Cn2nc(C3CC3)ccc2=O)C1. The first-order valence-corrected chi connectivity index (χ1v) is 9.40. The lowest BCUT2D eigenvalue weighted by molar-refractivity contribution is 0.0452. The summed E-state index contributed by atoms with van der Waals surface area (Å²) in [4.78, 5) is 31.0. The van der Waals surface area contributed by atoms with Crippen molar-refractivity contribution < 1.29 is 4.79 Å². The molecule has 0 bridgehead atoms. The van der Waals surface area contributed by atoms with E-state index in [0.717, 1.165) is 29.4 Å². The van der Waals surface area contributed by atoms with Gasteiger partial charge in [0.25, 0.3) is 11.5 Å². The Hall–Kier alpha value is -3.02. The highest BCUT2D eigenvalue weighted by atomic mass is 16.2. The van der Waals surface area contributed by atoms with Gasteiger partial charge in [-0.25, -0.2) is 9.67 Å². The van der Waals surface area contributed by atoms with Gasteiger partial charge in [-0.3, -0.25) is 9.59 Å². The second kappa shape index (κ2) is 6.30. The van der Waals surface area contributed by atoms with Crippen LogP contribution in [-0.4, -0.2) is 38.7 Å². The maximum atomic E-state index is 12.7. The summed E-state index contributed by atoms with van der Waals surface area (Å²) >= 11 is 0. The Bertz CT molecular complexity index is 1080. The Kier molecular flexibility index (Phi) is 3.77. The van der Waals surface area contributed by atoms with Crippen molar-refractivity contribution in [3.8, 4) is 0 Å². The third-order valence-electron chi connectivity index (χ3n) is 5.38. The molecule has 1 aliphatic heterocycles. The van der Waals surface area contributed by atoms with Crippen molar-refractivity contribution >= 4 is 16.8 Å². The Balaban J connectivity index is 1.25. The third kappa shape index (κ3) is 3.12. The molecule has 2 aromatic heterocycles. The molecule has 0 N–H and O–H groups in total. The highest BCUT2D eigenvalue weighted by Crippen LogP contribution is 2.38. The van der Waals surface area contributed by atoms with Crippen LogP contribution >= 0.6 is 0 Å². The van der Waals surface area contributed by atoms with Gasteiger partial charge in [0.2, 0.25) is 0 Å². The van der Waals surface area contributed by atoms with Gasteiger partial charge in [-0.1, -0.05) is 24.3 Å². The summed E-state index contributed by atoms with van der Waals surface area (Å²) in [5, 5.41) is 5.53. The summed E-state index contributed by atoms with van der Waals surface area (Å²) in [6.45, 7) is 1.83. The van der Waals surface area contributed by atoms with Crippen LogP contribution in [0.4, 0.5) is 0 Å². The average Bonchev–Trinajstić information content (AvgIpc) is 3.50. The fourth-order valence-electron chi connectivity index (χ4n) is 3.64. The zero-order valence-corrected chi connectivity index (χ0v) is 14.9. The number of aromatic nitrogens is 3. The average molecular weight is 360 g/mol. The summed E-state index contributed by atoms with van der Waals surface area (Å²) in [6.07, 6.45) is 2.32. The Morgan fingerprint density at radius 2 is 1.85 bits per heavy atom. The molecule has 0 spiro atoms. The quantitative estimate of drug-likeness (QED) is 0.717. The molecule has 2 aliphatic rings. The lowest BCUT2D eigenvalue weighted by atomic mass is 9.99. The normalized spacial score (nSPS) is 17.1. The van der Waals surface area contributed by atoms with E-state index in [1.54, 1.807) is 21.7 Å². The summed E-state index contributed by atoms with van der Waals surface area (Å²) < 4.78 is 1.56. The smallest absolute Gasteiger partial charge is 0.272 e. The number of benzene rings is 1. The molecule has 136 valence electrons. The van der Waals surface area contributed by atoms with E-state index in [4.69, 9.17) is 0 Å². The van der Waals surface area contributed by atoms with E-state index in [1.165, 1.54) is 0 Å². The molecule has 0 unspecified atom stereocenters. The van der Waals surface area contributed by atoms with Gasteiger partial charge >= 0.3 is 0 Å². The molecular weight excluding hydrogens is 340 g/mol. The van der Waals surface area contributed by atoms with Gasteiger partial charge in [-0.15, -0.1) is 0 Å². The molecule has 1 aromatic carbocycles. The van der Waals surface area contributed by atoms with Gasteiger partial charge in [-0.2, -0.15) is 5.10 Å². The number of carbonyl (C=O) groups is 1. The fourth-order valence-corrected chi connectivity index (χ4v) is 3.64. The molecule has 2 fully saturated rings. The molecule has 6 nitrogen and oxygen atoms in total. The number of amides is 1. The first-order valence-electron chi connectivity index (χ1n) is 9.40. The van der Waals surface area contributed by atoms with Crippen LogP contribution < -0.4 is 5.56 Å². The van der Waals surface area contributed by atoms with Crippen LogP contribution in [0.25, 0.3) is 10.9 Å². The number of hydrogen-bond donors (Lipinski definition) is 0. The number of pyridine rings is 1. The molecule has 3 heterocycles. The van der Waals surface area contributed by atoms with Crippen LogP contribution in [0.2, 0.25) is 0 Å². The number of nitrogens with zero attached hydrogens (tertiary/aromatic N) is 4. The van der Waals surface area contributed by atoms with Crippen molar-refractivity contribution in [2.24, 2.45) is 5.92 Å². The van der Waals surface area contributed by atoms with E-state index in [1.807, 2.05) is 36.4 Å². The van der Waals surface area contributed by atoms with E-state index in [2.05, 4.69) is 10.1 Å².